The Balaban J connectivity index is 2.68. The fraction of sp³-hybridized carbons (Fsp3) is 0.308. The molecule has 0 saturated heterocycles. The topological polar surface area (TPSA) is 39.4 Å². The maximum absolute atomic E-state index is 11.4. The van der Waals surface area contributed by atoms with E-state index in [0.29, 0.717) is 11.3 Å². The lowest BCUT2D eigenvalue weighted by atomic mass is 10.1. The molecule has 3 nitrogen and oxygen atoms in total. The van der Waals surface area contributed by atoms with Crippen molar-refractivity contribution in [3.63, 3.8) is 0 Å². The van der Waals surface area contributed by atoms with Gasteiger partial charge in [-0.1, -0.05) is 6.07 Å². The number of fused-ring (bicyclic) bond motifs is 1. The zero-order valence-electron chi connectivity index (χ0n) is 9.61. The maximum Gasteiger partial charge on any atom is 0.339 e. The molecule has 0 amide bonds. The van der Waals surface area contributed by atoms with Crippen LogP contribution in [-0.2, 0) is 0 Å². The van der Waals surface area contributed by atoms with E-state index >= 15 is 0 Å². The Morgan fingerprint density at radius 3 is 2.69 bits per heavy atom. The molecule has 1 aromatic carbocycles. The lowest BCUT2D eigenvalue weighted by Crippen LogP contribution is -2.08. The molecule has 0 radical (unpaired) electrons. The Kier molecular flexibility index (Phi) is 2.69. The Labute approximate surface area is 93.7 Å². The van der Waals surface area contributed by atoms with Gasteiger partial charge >= 0.3 is 5.63 Å². The lowest BCUT2D eigenvalue weighted by molar-refractivity contribution is 0.244. The van der Waals surface area contributed by atoms with Gasteiger partial charge in [0.25, 0.3) is 0 Å². The first kappa shape index (κ1) is 10.7. The molecule has 84 valence electrons. The standard InChI is InChI=1S/C13H14O3/c1-8(2)15-12-7-13(14)16-11-6-9(3)4-5-10(11)12/h4-8H,1-3H3. The summed E-state index contributed by atoms with van der Waals surface area (Å²) in [5.41, 5.74) is 1.24. The third-order valence-corrected chi connectivity index (χ3v) is 2.22. The highest BCUT2D eigenvalue weighted by molar-refractivity contribution is 5.83. The number of ether oxygens (including phenoxy) is 1. The molecule has 0 saturated carbocycles. The first-order chi connectivity index (χ1) is 7.56. The van der Waals surface area contributed by atoms with Crippen LogP contribution in [0.1, 0.15) is 19.4 Å². The monoisotopic (exact) mass is 218 g/mol. The minimum Gasteiger partial charge on any atom is -0.490 e. The minimum absolute atomic E-state index is 0.0336. The van der Waals surface area contributed by atoms with E-state index in [-0.39, 0.29) is 11.7 Å². The summed E-state index contributed by atoms with van der Waals surface area (Å²) in [7, 11) is 0. The van der Waals surface area contributed by atoms with Gasteiger partial charge < -0.3 is 9.15 Å². The van der Waals surface area contributed by atoms with E-state index in [1.54, 1.807) is 0 Å². The van der Waals surface area contributed by atoms with Crippen molar-refractivity contribution in [3.8, 4) is 5.75 Å². The van der Waals surface area contributed by atoms with E-state index in [1.165, 1.54) is 6.07 Å². The number of hydrogen-bond donors (Lipinski definition) is 0. The molecular formula is C13H14O3. The van der Waals surface area contributed by atoms with Crippen LogP contribution in [0, 0.1) is 6.92 Å². The van der Waals surface area contributed by atoms with Crippen LogP contribution >= 0.6 is 0 Å². The average Bonchev–Trinajstić information content (AvgIpc) is 2.15. The first-order valence-electron chi connectivity index (χ1n) is 5.27. The van der Waals surface area contributed by atoms with Gasteiger partial charge in [-0.15, -0.1) is 0 Å². The summed E-state index contributed by atoms with van der Waals surface area (Å²) in [5.74, 6) is 0.584. The molecule has 1 aromatic heterocycles. The lowest BCUT2D eigenvalue weighted by Gasteiger charge is -2.11. The zero-order chi connectivity index (χ0) is 11.7. The van der Waals surface area contributed by atoms with Crippen molar-refractivity contribution in [3.05, 3.63) is 40.2 Å². The Morgan fingerprint density at radius 1 is 1.25 bits per heavy atom. The molecule has 0 aliphatic rings. The summed E-state index contributed by atoms with van der Waals surface area (Å²) in [6.45, 7) is 5.80. The fourth-order valence-electron chi connectivity index (χ4n) is 1.59. The summed E-state index contributed by atoms with van der Waals surface area (Å²) < 4.78 is 10.7. The number of rotatable bonds is 2. The highest BCUT2D eigenvalue weighted by Gasteiger charge is 2.07. The van der Waals surface area contributed by atoms with Crippen LogP contribution < -0.4 is 10.4 Å². The molecule has 0 bridgehead atoms. The van der Waals surface area contributed by atoms with Crippen LogP contribution in [-0.4, -0.2) is 6.10 Å². The van der Waals surface area contributed by atoms with Crippen LogP contribution in [0.25, 0.3) is 11.0 Å². The Morgan fingerprint density at radius 2 is 2.00 bits per heavy atom. The SMILES string of the molecule is Cc1ccc2c(OC(C)C)cc(=O)oc2c1. The zero-order valence-corrected chi connectivity index (χ0v) is 9.61. The number of benzene rings is 1. The number of aryl methyl sites for hydroxylation is 1. The van der Waals surface area contributed by atoms with E-state index < -0.39 is 0 Å². The predicted octanol–water partition coefficient (Wildman–Crippen LogP) is 2.89. The molecule has 0 unspecified atom stereocenters. The van der Waals surface area contributed by atoms with Gasteiger partial charge in [0.05, 0.1) is 17.6 Å². The molecule has 2 rings (SSSR count). The van der Waals surface area contributed by atoms with Crippen LogP contribution in [0.5, 0.6) is 5.75 Å². The summed E-state index contributed by atoms with van der Waals surface area (Å²) in [6, 6.07) is 7.10. The van der Waals surface area contributed by atoms with Gasteiger partial charge in [0.1, 0.15) is 11.3 Å². The highest BCUT2D eigenvalue weighted by Crippen LogP contribution is 2.25. The Bertz CT molecular complexity index is 567. The summed E-state index contributed by atoms with van der Waals surface area (Å²) >= 11 is 0. The fourth-order valence-corrected chi connectivity index (χ4v) is 1.59. The summed E-state index contributed by atoms with van der Waals surface area (Å²) in [4.78, 5) is 11.4. The minimum atomic E-state index is -0.381. The third-order valence-electron chi connectivity index (χ3n) is 2.22. The smallest absolute Gasteiger partial charge is 0.339 e. The second-order valence-electron chi connectivity index (χ2n) is 4.10. The molecule has 16 heavy (non-hydrogen) atoms. The molecule has 0 aliphatic carbocycles. The van der Waals surface area contributed by atoms with E-state index in [0.717, 1.165) is 10.9 Å². The Hall–Kier alpha value is -1.77. The van der Waals surface area contributed by atoms with Gasteiger partial charge in [0.2, 0.25) is 0 Å². The van der Waals surface area contributed by atoms with Gasteiger partial charge in [-0.3, -0.25) is 0 Å². The van der Waals surface area contributed by atoms with Crippen molar-refractivity contribution in [2.45, 2.75) is 26.9 Å². The van der Waals surface area contributed by atoms with Crippen LogP contribution in [0.4, 0.5) is 0 Å². The predicted molar refractivity (Wildman–Crippen MR) is 63.0 cm³/mol. The molecule has 0 spiro atoms. The first-order valence-corrected chi connectivity index (χ1v) is 5.27. The van der Waals surface area contributed by atoms with Crippen molar-refractivity contribution in [1.29, 1.82) is 0 Å². The van der Waals surface area contributed by atoms with Gasteiger partial charge in [-0.05, 0) is 38.5 Å². The summed E-state index contributed by atoms with van der Waals surface area (Å²) in [6.07, 6.45) is 0.0336. The quantitative estimate of drug-likeness (QED) is 0.727. The van der Waals surface area contributed by atoms with Gasteiger partial charge in [0, 0.05) is 0 Å². The molecule has 0 aliphatic heterocycles. The molecular weight excluding hydrogens is 204 g/mol. The second-order valence-corrected chi connectivity index (χ2v) is 4.10. The van der Waals surface area contributed by atoms with Crippen molar-refractivity contribution >= 4 is 11.0 Å². The molecule has 0 fully saturated rings. The molecule has 2 aromatic rings. The molecule has 0 N–H and O–H groups in total. The second kappa shape index (κ2) is 4.00. The van der Waals surface area contributed by atoms with Gasteiger partial charge in [-0.2, -0.15) is 0 Å². The van der Waals surface area contributed by atoms with Crippen molar-refractivity contribution < 1.29 is 9.15 Å². The number of hydrogen-bond acceptors (Lipinski definition) is 3. The van der Waals surface area contributed by atoms with Crippen molar-refractivity contribution in [2.75, 3.05) is 0 Å². The van der Waals surface area contributed by atoms with E-state index in [9.17, 15) is 4.79 Å². The van der Waals surface area contributed by atoms with Crippen LogP contribution in [0.3, 0.4) is 0 Å². The van der Waals surface area contributed by atoms with Crippen LogP contribution in [0.15, 0.2) is 33.5 Å². The molecule has 3 heteroatoms. The van der Waals surface area contributed by atoms with E-state index in [1.807, 2.05) is 39.0 Å². The van der Waals surface area contributed by atoms with Crippen molar-refractivity contribution in [1.82, 2.24) is 0 Å². The van der Waals surface area contributed by atoms with Gasteiger partial charge in [0.15, 0.2) is 0 Å². The average molecular weight is 218 g/mol. The summed E-state index contributed by atoms with van der Waals surface area (Å²) in [5, 5.41) is 0.832. The van der Waals surface area contributed by atoms with Gasteiger partial charge in [-0.25, -0.2) is 4.79 Å². The molecule has 1 heterocycles. The third kappa shape index (κ3) is 2.08. The van der Waals surface area contributed by atoms with E-state index in [2.05, 4.69) is 0 Å². The van der Waals surface area contributed by atoms with Crippen LogP contribution in [0.2, 0.25) is 0 Å². The normalized spacial score (nSPS) is 11.0. The van der Waals surface area contributed by atoms with E-state index in [4.69, 9.17) is 9.15 Å². The highest BCUT2D eigenvalue weighted by atomic mass is 16.5. The molecule has 0 atom stereocenters. The van der Waals surface area contributed by atoms with Crippen molar-refractivity contribution in [2.24, 2.45) is 0 Å². The largest absolute Gasteiger partial charge is 0.490 e. The maximum atomic E-state index is 11.4.